The Hall–Kier alpha value is -1.13. The van der Waals surface area contributed by atoms with Gasteiger partial charge in [-0.2, -0.15) is 0 Å². The van der Waals surface area contributed by atoms with Crippen molar-refractivity contribution in [2.75, 3.05) is 19.6 Å². The van der Waals surface area contributed by atoms with Crippen LogP contribution in [0.5, 0.6) is 0 Å². The van der Waals surface area contributed by atoms with Gasteiger partial charge in [-0.05, 0) is 58.0 Å². The van der Waals surface area contributed by atoms with Crippen LogP contribution in [-0.4, -0.2) is 39.1 Å². The molecule has 0 amide bonds. The standard InChI is InChI=1S/C15H21ClN4/c1-12(16)14-18-13-6-4-7-17-15(13)20(14)11-5-10-19-8-2-3-9-19/h4,6-7,12H,2-3,5,8-11H2,1H3. The maximum absolute atomic E-state index is 6.26. The maximum atomic E-state index is 6.26. The van der Waals surface area contributed by atoms with E-state index in [1.54, 1.807) is 0 Å². The molecule has 1 fully saturated rings. The van der Waals surface area contributed by atoms with Crippen LogP contribution in [0.4, 0.5) is 0 Å². The van der Waals surface area contributed by atoms with Crippen molar-refractivity contribution >= 4 is 22.8 Å². The lowest BCUT2D eigenvalue weighted by atomic mass is 10.3. The predicted molar refractivity (Wildman–Crippen MR) is 82.1 cm³/mol. The summed E-state index contributed by atoms with van der Waals surface area (Å²) >= 11 is 6.26. The Kier molecular flexibility index (Phi) is 4.22. The number of pyridine rings is 1. The van der Waals surface area contributed by atoms with Crippen molar-refractivity contribution in [3.63, 3.8) is 0 Å². The van der Waals surface area contributed by atoms with E-state index in [-0.39, 0.29) is 5.38 Å². The van der Waals surface area contributed by atoms with Crippen molar-refractivity contribution in [3.8, 4) is 0 Å². The normalized spacial score (nSPS) is 17.9. The average Bonchev–Trinajstić information content (AvgIpc) is 3.07. The Morgan fingerprint density at radius 1 is 1.30 bits per heavy atom. The summed E-state index contributed by atoms with van der Waals surface area (Å²) in [4.78, 5) is 11.6. The number of aryl methyl sites for hydroxylation is 1. The highest BCUT2D eigenvalue weighted by Gasteiger charge is 2.16. The molecule has 3 rings (SSSR count). The minimum atomic E-state index is -0.0870. The van der Waals surface area contributed by atoms with E-state index in [9.17, 15) is 0 Å². The lowest BCUT2D eigenvalue weighted by molar-refractivity contribution is 0.325. The van der Waals surface area contributed by atoms with E-state index in [1.807, 2.05) is 25.3 Å². The van der Waals surface area contributed by atoms with Gasteiger partial charge in [0, 0.05) is 12.7 Å². The van der Waals surface area contributed by atoms with E-state index in [0.717, 1.165) is 36.5 Å². The summed E-state index contributed by atoms with van der Waals surface area (Å²) in [5, 5.41) is -0.0870. The molecular weight excluding hydrogens is 272 g/mol. The van der Waals surface area contributed by atoms with E-state index in [4.69, 9.17) is 11.6 Å². The van der Waals surface area contributed by atoms with Crippen molar-refractivity contribution in [1.29, 1.82) is 0 Å². The van der Waals surface area contributed by atoms with E-state index in [0.29, 0.717) is 0 Å². The van der Waals surface area contributed by atoms with Crippen LogP contribution in [-0.2, 0) is 6.54 Å². The molecule has 2 aromatic heterocycles. The molecule has 108 valence electrons. The first kappa shape index (κ1) is 13.8. The van der Waals surface area contributed by atoms with Crippen molar-refractivity contribution < 1.29 is 0 Å². The number of halogens is 1. The summed E-state index contributed by atoms with van der Waals surface area (Å²) < 4.78 is 2.18. The summed E-state index contributed by atoms with van der Waals surface area (Å²) in [5.41, 5.74) is 1.90. The van der Waals surface area contributed by atoms with Gasteiger partial charge in [-0.3, -0.25) is 0 Å². The monoisotopic (exact) mass is 292 g/mol. The zero-order valence-electron chi connectivity index (χ0n) is 11.9. The molecule has 3 heterocycles. The highest BCUT2D eigenvalue weighted by Crippen LogP contribution is 2.23. The largest absolute Gasteiger partial charge is 0.311 e. The molecule has 1 saturated heterocycles. The molecule has 4 nitrogen and oxygen atoms in total. The Morgan fingerprint density at radius 3 is 2.85 bits per heavy atom. The second-order valence-electron chi connectivity index (χ2n) is 5.49. The minimum absolute atomic E-state index is 0.0870. The van der Waals surface area contributed by atoms with Gasteiger partial charge < -0.3 is 9.47 Å². The van der Waals surface area contributed by atoms with Gasteiger partial charge in [0.1, 0.15) is 11.3 Å². The highest BCUT2D eigenvalue weighted by molar-refractivity contribution is 6.20. The molecule has 1 aliphatic heterocycles. The third kappa shape index (κ3) is 2.81. The molecule has 0 aromatic carbocycles. The highest BCUT2D eigenvalue weighted by atomic mass is 35.5. The average molecular weight is 293 g/mol. The number of hydrogen-bond donors (Lipinski definition) is 0. The van der Waals surface area contributed by atoms with Crippen LogP contribution in [0.25, 0.3) is 11.2 Å². The SMILES string of the molecule is CC(Cl)c1nc2cccnc2n1CCCN1CCCC1. The van der Waals surface area contributed by atoms with Crippen molar-refractivity contribution in [2.45, 2.75) is 38.1 Å². The van der Waals surface area contributed by atoms with Gasteiger partial charge in [0.05, 0.1) is 5.38 Å². The van der Waals surface area contributed by atoms with Crippen molar-refractivity contribution in [1.82, 2.24) is 19.4 Å². The summed E-state index contributed by atoms with van der Waals surface area (Å²) in [5.74, 6) is 0.932. The zero-order chi connectivity index (χ0) is 13.9. The van der Waals surface area contributed by atoms with Gasteiger partial charge in [0.25, 0.3) is 0 Å². The van der Waals surface area contributed by atoms with Crippen LogP contribution < -0.4 is 0 Å². The number of imidazole rings is 1. The summed E-state index contributed by atoms with van der Waals surface area (Å²) in [6, 6.07) is 3.93. The van der Waals surface area contributed by atoms with Gasteiger partial charge >= 0.3 is 0 Å². The second kappa shape index (κ2) is 6.10. The molecule has 0 bridgehead atoms. The first-order valence-electron chi connectivity index (χ1n) is 7.43. The molecule has 0 aliphatic carbocycles. The number of aromatic nitrogens is 3. The molecule has 2 aromatic rings. The van der Waals surface area contributed by atoms with Crippen LogP contribution in [0, 0.1) is 0 Å². The van der Waals surface area contributed by atoms with Crippen molar-refractivity contribution in [3.05, 3.63) is 24.2 Å². The summed E-state index contributed by atoms with van der Waals surface area (Å²) in [7, 11) is 0. The maximum Gasteiger partial charge on any atom is 0.160 e. The molecule has 0 N–H and O–H groups in total. The fraction of sp³-hybridized carbons (Fsp3) is 0.600. The molecule has 5 heteroatoms. The lowest BCUT2D eigenvalue weighted by Gasteiger charge is -2.15. The second-order valence-corrected chi connectivity index (χ2v) is 6.14. The van der Waals surface area contributed by atoms with Crippen LogP contribution >= 0.6 is 11.6 Å². The quantitative estimate of drug-likeness (QED) is 0.794. The molecule has 0 spiro atoms. The van der Waals surface area contributed by atoms with Crippen LogP contribution in [0.1, 0.15) is 37.4 Å². The fourth-order valence-corrected chi connectivity index (χ4v) is 3.13. The van der Waals surface area contributed by atoms with Crippen LogP contribution in [0.15, 0.2) is 18.3 Å². The van der Waals surface area contributed by atoms with E-state index >= 15 is 0 Å². The number of hydrogen-bond acceptors (Lipinski definition) is 3. The fourth-order valence-electron chi connectivity index (χ4n) is 2.96. The molecule has 1 aliphatic rings. The summed E-state index contributed by atoms with van der Waals surface area (Å²) in [6.45, 7) is 6.57. The van der Waals surface area contributed by atoms with Crippen molar-refractivity contribution in [2.24, 2.45) is 0 Å². The third-order valence-corrected chi connectivity index (χ3v) is 4.14. The number of rotatable bonds is 5. The molecule has 20 heavy (non-hydrogen) atoms. The van der Waals surface area contributed by atoms with Gasteiger partial charge in [0.2, 0.25) is 0 Å². The first-order valence-corrected chi connectivity index (χ1v) is 7.87. The molecule has 1 atom stereocenters. The Balaban J connectivity index is 1.76. The van der Waals surface area contributed by atoms with Crippen LogP contribution in [0.2, 0.25) is 0 Å². The Labute approximate surface area is 124 Å². The Morgan fingerprint density at radius 2 is 2.10 bits per heavy atom. The van der Waals surface area contributed by atoms with E-state index in [1.165, 1.54) is 25.9 Å². The van der Waals surface area contributed by atoms with E-state index in [2.05, 4.69) is 19.4 Å². The van der Waals surface area contributed by atoms with Gasteiger partial charge in [0.15, 0.2) is 5.65 Å². The smallest absolute Gasteiger partial charge is 0.160 e. The summed E-state index contributed by atoms with van der Waals surface area (Å²) in [6.07, 6.45) is 5.64. The van der Waals surface area contributed by atoms with E-state index < -0.39 is 0 Å². The van der Waals surface area contributed by atoms with Gasteiger partial charge in [-0.1, -0.05) is 0 Å². The Bertz CT molecular complexity index is 572. The molecule has 1 unspecified atom stereocenters. The number of likely N-dealkylation sites (tertiary alicyclic amines) is 1. The van der Waals surface area contributed by atoms with Gasteiger partial charge in [-0.25, -0.2) is 9.97 Å². The number of nitrogens with zero attached hydrogens (tertiary/aromatic N) is 4. The zero-order valence-corrected chi connectivity index (χ0v) is 12.7. The van der Waals surface area contributed by atoms with Gasteiger partial charge in [-0.15, -0.1) is 11.6 Å². The number of fused-ring (bicyclic) bond motifs is 1. The topological polar surface area (TPSA) is 34.0 Å². The molecular formula is C15H21ClN4. The first-order chi connectivity index (χ1) is 9.75. The molecule has 0 saturated carbocycles. The number of alkyl halides is 1. The van der Waals surface area contributed by atoms with Crippen LogP contribution in [0.3, 0.4) is 0 Å². The third-order valence-electron chi connectivity index (χ3n) is 3.94. The predicted octanol–water partition coefficient (Wildman–Crippen LogP) is 3.22. The minimum Gasteiger partial charge on any atom is -0.311 e. The molecule has 0 radical (unpaired) electrons. The lowest BCUT2D eigenvalue weighted by Crippen LogP contribution is -2.22.